The van der Waals surface area contributed by atoms with Crippen molar-refractivity contribution in [2.45, 2.75) is 46.0 Å². The molecule has 0 unspecified atom stereocenters. The van der Waals surface area contributed by atoms with Crippen molar-refractivity contribution in [3.8, 4) is 5.69 Å². The second-order valence-corrected chi connectivity index (χ2v) is 9.23. The summed E-state index contributed by atoms with van der Waals surface area (Å²) in [6, 6.07) is 9.39. The first-order valence-corrected chi connectivity index (χ1v) is 10.5. The van der Waals surface area contributed by atoms with Crippen molar-refractivity contribution in [2.75, 3.05) is 5.32 Å². The molecule has 5 rings (SSSR count). The van der Waals surface area contributed by atoms with E-state index in [1.165, 1.54) is 0 Å². The molecule has 158 valence electrons. The number of anilines is 1. The molecule has 1 fully saturated rings. The fourth-order valence-corrected chi connectivity index (χ4v) is 3.73. The van der Waals surface area contributed by atoms with Crippen molar-refractivity contribution in [3.63, 3.8) is 0 Å². The Labute approximate surface area is 179 Å². The van der Waals surface area contributed by atoms with E-state index in [2.05, 4.69) is 46.5 Å². The van der Waals surface area contributed by atoms with E-state index >= 15 is 0 Å². The zero-order chi connectivity index (χ0) is 21.6. The number of amides is 1. The molecule has 31 heavy (non-hydrogen) atoms. The number of rotatable bonds is 5. The van der Waals surface area contributed by atoms with Gasteiger partial charge in [0.1, 0.15) is 0 Å². The average molecular weight is 416 g/mol. The van der Waals surface area contributed by atoms with Gasteiger partial charge in [0.2, 0.25) is 0 Å². The van der Waals surface area contributed by atoms with Gasteiger partial charge < -0.3 is 9.84 Å². The lowest BCUT2D eigenvalue weighted by atomic mass is 9.89. The number of aromatic nitrogens is 5. The Morgan fingerprint density at radius 2 is 2.06 bits per heavy atom. The minimum absolute atomic E-state index is 0.00753. The molecule has 8 heteroatoms. The van der Waals surface area contributed by atoms with Crippen LogP contribution in [0.2, 0.25) is 0 Å². The number of fused-ring (bicyclic) bond motifs is 1. The highest BCUT2D eigenvalue weighted by Gasteiger charge is 2.30. The van der Waals surface area contributed by atoms with Gasteiger partial charge in [-0.15, -0.1) is 5.10 Å². The van der Waals surface area contributed by atoms with Crippen LogP contribution in [0, 0.1) is 5.41 Å². The van der Waals surface area contributed by atoms with E-state index < -0.39 is 0 Å². The molecule has 1 amide bonds. The summed E-state index contributed by atoms with van der Waals surface area (Å²) in [5, 5.41) is 15.9. The smallest absolute Gasteiger partial charge is 0.259 e. The van der Waals surface area contributed by atoms with Gasteiger partial charge in [0.25, 0.3) is 11.6 Å². The minimum Gasteiger partial charge on any atom is -0.336 e. The fourth-order valence-electron chi connectivity index (χ4n) is 3.73. The molecule has 8 nitrogen and oxygen atoms in total. The van der Waals surface area contributed by atoms with E-state index in [-0.39, 0.29) is 11.3 Å². The van der Waals surface area contributed by atoms with Crippen LogP contribution in [0.5, 0.6) is 0 Å². The molecule has 0 spiro atoms. The first-order valence-electron chi connectivity index (χ1n) is 10.5. The van der Waals surface area contributed by atoms with Gasteiger partial charge in [-0.2, -0.15) is 0 Å². The number of carbonyl (C=O) groups is 1. The van der Waals surface area contributed by atoms with Crippen LogP contribution < -0.4 is 5.32 Å². The predicted octanol–water partition coefficient (Wildman–Crippen LogP) is 4.52. The molecule has 1 saturated carbocycles. The van der Waals surface area contributed by atoms with Crippen LogP contribution in [-0.4, -0.2) is 31.0 Å². The Bertz CT molecular complexity index is 1250. The van der Waals surface area contributed by atoms with Gasteiger partial charge in [-0.05, 0) is 42.9 Å². The molecule has 1 N–H and O–H groups in total. The number of benzene rings is 1. The molecular weight excluding hydrogens is 392 g/mol. The molecule has 3 aromatic heterocycles. The number of nitrogens with zero attached hydrogens (tertiary/aromatic N) is 5. The maximum atomic E-state index is 13.5. The van der Waals surface area contributed by atoms with Gasteiger partial charge in [0, 0.05) is 11.6 Å². The van der Waals surface area contributed by atoms with Crippen LogP contribution in [0.1, 0.15) is 61.3 Å². The van der Waals surface area contributed by atoms with E-state index in [0.29, 0.717) is 34.7 Å². The molecule has 0 atom stereocenters. The van der Waals surface area contributed by atoms with Gasteiger partial charge >= 0.3 is 0 Å². The predicted molar refractivity (Wildman–Crippen MR) is 116 cm³/mol. The molecule has 1 aliphatic rings. The van der Waals surface area contributed by atoms with Gasteiger partial charge in [-0.3, -0.25) is 4.79 Å². The first-order chi connectivity index (χ1) is 14.9. The van der Waals surface area contributed by atoms with E-state index in [1.807, 2.05) is 30.3 Å². The maximum Gasteiger partial charge on any atom is 0.259 e. The first kappa shape index (κ1) is 19.4. The summed E-state index contributed by atoms with van der Waals surface area (Å²) in [7, 11) is 0. The summed E-state index contributed by atoms with van der Waals surface area (Å²) >= 11 is 0. The van der Waals surface area contributed by atoms with Crippen molar-refractivity contribution in [3.05, 3.63) is 59.7 Å². The lowest BCUT2D eigenvalue weighted by molar-refractivity contribution is 0.102. The Kier molecular flexibility index (Phi) is 4.57. The van der Waals surface area contributed by atoms with Crippen molar-refractivity contribution >= 4 is 22.7 Å². The largest absolute Gasteiger partial charge is 0.336 e. The normalized spacial score (nSPS) is 14.2. The third-order valence-electron chi connectivity index (χ3n) is 5.30. The zero-order valence-corrected chi connectivity index (χ0v) is 17.8. The lowest BCUT2D eigenvalue weighted by Gasteiger charge is -2.16. The second-order valence-electron chi connectivity index (χ2n) is 9.23. The molecule has 0 aliphatic heterocycles. The third-order valence-corrected chi connectivity index (χ3v) is 5.30. The Balaban J connectivity index is 1.58. The van der Waals surface area contributed by atoms with Crippen molar-refractivity contribution in [1.82, 2.24) is 25.1 Å². The number of pyridine rings is 1. The topological polar surface area (TPSA) is 98.7 Å². The SMILES string of the molecule is CC(C)(C)Cc1noc2nc(C3CC3)cc(C(=O)Nc3ccccc3-n3ccnn3)c12. The van der Waals surface area contributed by atoms with E-state index in [9.17, 15) is 4.79 Å². The zero-order valence-electron chi connectivity index (χ0n) is 17.8. The quantitative estimate of drug-likeness (QED) is 0.513. The number of nitrogens with one attached hydrogen (secondary N) is 1. The summed E-state index contributed by atoms with van der Waals surface area (Å²) in [6.07, 6.45) is 6.18. The molecule has 0 radical (unpaired) electrons. The summed E-state index contributed by atoms with van der Waals surface area (Å²) in [5.41, 5.74) is 3.99. The summed E-state index contributed by atoms with van der Waals surface area (Å²) < 4.78 is 7.20. The molecule has 4 aromatic rings. The van der Waals surface area contributed by atoms with E-state index in [4.69, 9.17) is 4.52 Å². The highest BCUT2D eigenvalue weighted by atomic mass is 16.5. The van der Waals surface area contributed by atoms with Gasteiger partial charge in [-0.25, -0.2) is 9.67 Å². The highest BCUT2D eigenvalue weighted by Crippen LogP contribution is 2.41. The van der Waals surface area contributed by atoms with Gasteiger partial charge in [-0.1, -0.05) is 43.3 Å². The summed E-state index contributed by atoms with van der Waals surface area (Å²) in [5.74, 6) is 0.162. The number of hydrogen-bond acceptors (Lipinski definition) is 6. The average Bonchev–Trinajstić information content (AvgIpc) is 3.29. The lowest BCUT2D eigenvalue weighted by Crippen LogP contribution is -2.16. The van der Waals surface area contributed by atoms with Crippen molar-refractivity contribution in [2.24, 2.45) is 5.41 Å². The molecule has 0 saturated heterocycles. The highest BCUT2D eigenvalue weighted by molar-refractivity contribution is 6.13. The van der Waals surface area contributed by atoms with E-state index in [1.54, 1.807) is 17.1 Å². The van der Waals surface area contributed by atoms with Crippen LogP contribution in [-0.2, 0) is 6.42 Å². The second kappa shape index (κ2) is 7.30. The van der Waals surface area contributed by atoms with Crippen LogP contribution in [0.3, 0.4) is 0 Å². The monoisotopic (exact) mass is 416 g/mol. The van der Waals surface area contributed by atoms with Crippen molar-refractivity contribution < 1.29 is 9.32 Å². The Hall–Kier alpha value is -3.55. The Morgan fingerprint density at radius 1 is 1.26 bits per heavy atom. The van der Waals surface area contributed by atoms with Crippen LogP contribution in [0.4, 0.5) is 5.69 Å². The summed E-state index contributed by atoms with van der Waals surface area (Å²) in [4.78, 5) is 18.2. The molecule has 0 bridgehead atoms. The van der Waals surface area contributed by atoms with Crippen LogP contribution >= 0.6 is 0 Å². The number of hydrogen-bond donors (Lipinski definition) is 1. The molecular formula is C23H24N6O2. The van der Waals surface area contributed by atoms with E-state index in [0.717, 1.165) is 29.9 Å². The molecule has 3 heterocycles. The van der Waals surface area contributed by atoms with Gasteiger partial charge in [0.15, 0.2) is 0 Å². The third kappa shape index (κ3) is 3.93. The van der Waals surface area contributed by atoms with Crippen LogP contribution in [0.15, 0.2) is 47.2 Å². The van der Waals surface area contributed by atoms with Crippen LogP contribution in [0.25, 0.3) is 16.8 Å². The maximum absolute atomic E-state index is 13.5. The van der Waals surface area contributed by atoms with Crippen molar-refractivity contribution in [1.29, 1.82) is 0 Å². The fraction of sp³-hybridized carbons (Fsp3) is 0.348. The molecule has 1 aliphatic carbocycles. The Morgan fingerprint density at radius 3 is 2.77 bits per heavy atom. The summed E-state index contributed by atoms with van der Waals surface area (Å²) in [6.45, 7) is 6.40. The standard InChI is InChI=1S/C23H24N6O2/c1-23(2,3)13-18-20-15(12-17(14-8-9-14)26-22(20)31-27-18)21(30)25-16-6-4-5-7-19(16)29-11-10-24-28-29/h4-7,10-12,14H,8-9,13H2,1-3H3,(H,25,30). The molecule has 1 aromatic carbocycles. The number of para-hydroxylation sites is 2. The number of carbonyl (C=O) groups excluding carboxylic acids is 1. The van der Waals surface area contributed by atoms with Gasteiger partial charge in [0.05, 0.1) is 40.4 Å². The minimum atomic E-state index is -0.222.